The fraction of sp³-hybridized carbons (Fsp3) is 0.0556. The van der Waals surface area contributed by atoms with Gasteiger partial charge in [0.15, 0.2) is 0 Å². The van der Waals surface area contributed by atoms with Crippen molar-refractivity contribution < 1.29 is 13.9 Å². The zero-order valence-electron chi connectivity index (χ0n) is 14.0. The smallest absolute Gasteiger partial charge is 0.333 e. The number of benzene rings is 2. The van der Waals surface area contributed by atoms with Gasteiger partial charge in [-0.1, -0.05) is 11.6 Å². The SMILES string of the molecule is COc1ccc(NC(=O)c2c[nH]c(=O)n(-c3ccc(F)c(Cl)c3)c2=O)cc1. The molecular weight excluding hydrogens is 377 g/mol. The zero-order chi connectivity index (χ0) is 19.6. The molecule has 0 unspecified atom stereocenters. The second-order valence-electron chi connectivity index (χ2n) is 5.43. The van der Waals surface area contributed by atoms with Gasteiger partial charge >= 0.3 is 5.69 Å². The van der Waals surface area contributed by atoms with Gasteiger partial charge in [-0.3, -0.25) is 9.59 Å². The molecule has 0 aliphatic rings. The van der Waals surface area contributed by atoms with Gasteiger partial charge in [-0.15, -0.1) is 0 Å². The molecule has 0 saturated carbocycles. The summed E-state index contributed by atoms with van der Waals surface area (Å²) in [4.78, 5) is 39.5. The third-order valence-corrected chi connectivity index (χ3v) is 4.02. The number of rotatable bonds is 4. The van der Waals surface area contributed by atoms with Gasteiger partial charge in [0.25, 0.3) is 11.5 Å². The first kappa shape index (κ1) is 18.4. The second kappa shape index (κ2) is 7.46. The number of H-pyrrole nitrogens is 1. The number of hydrogen-bond donors (Lipinski definition) is 2. The summed E-state index contributed by atoms with van der Waals surface area (Å²) in [6, 6.07) is 9.83. The number of carbonyl (C=O) groups excluding carboxylic acids is 1. The zero-order valence-corrected chi connectivity index (χ0v) is 14.7. The normalized spacial score (nSPS) is 10.5. The fourth-order valence-corrected chi connectivity index (χ4v) is 2.54. The highest BCUT2D eigenvalue weighted by molar-refractivity contribution is 6.30. The molecule has 0 spiro atoms. The summed E-state index contributed by atoms with van der Waals surface area (Å²) in [5.74, 6) is -0.811. The van der Waals surface area contributed by atoms with Crippen LogP contribution < -0.4 is 21.3 Å². The molecule has 138 valence electrons. The van der Waals surface area contributed by atoms with Crippen LogP contribution in [0.3, 0.4) is 0 Å². The van der Waals surface area contributed by atoms with E-state index in [-0.39, 0.29) is 16.3 Å². The molecule has 0 saturated heterocycles. The quantitative estimate of drug-likeness (QED) is 0.717. The van der Waals surface area contributed by atoms with Crippen molar-refractivity contribution in [2.45, 2.75) is 0 Å². The van der Waals surface area contributed by atoms with Crippen molar-refractivity contribution in [1.29, 1.82) is 0 Å². The van der Waals surface area contributed by atoms with E-state index in [9.17, 15) is 18.8 Å². The summed E-state index contributed by atoms with van der Waals surface area (Å²) in [5, 5.41) is 2.30. The first-order chi connectivity index (χ1) is 12.9. The number of carbonyl (C=O) groups is 1. The van der Waals surface area contributed by atoms with Crippen molar-refractivity contribution in [2.75, 3.05) is 12.4 Å². The summed E-state index contributed by atoms with van der Waals surface area (Å²) in [6.45, 7) is 0. The molecule has 0 radical (unpaired) electrons. The molecule has 1 heterocycles. The van der Waals surface area contributed by atoms with Crippen LogP contribution in [-0.4, -0.2) is 22.6 Å². The summed E-state index contributed by atoms with van der Waals surface area (Å²) in [6.07, 6.45) is 1.02. The predicted molar refractivity (Wildman–Crippen MR) is 98.6 cm³/mol. The lowest BCUT2D eigenvalue weighted by Crippen LogP contribution is -2.38. The largest absolute Gasteiger partial charge is 0.497 e. The van der Waals surface area contributed by atoms with Crippen LogP contribution in [0.1, 0.15) is 10.4 Å². The Hall–Kier alpha value is -3.39. The number of aromatic nitrogens is 2. The van der Waals surface area contributed by atoms with Gasteiger partial charge in [-0.25, -0.2) is 13.8 Å². The Balaban J connectivity index is 1.99. The Morgan fingerprint density at radius 3 is 2.52 bits per heavy atom. The summed E-state index contributed by atoms with van der Waals surface area (Å²) < 4.78 is 19.1. The van der Waals surface area contributed by atoms with E-state index in [0.29, 0.717) is 16.0 Å². The lowest BCUT2D eigenvalue weighted by molar-refractivity contribution is 0.102. The standard InChI is InChI=1S/C18H13ClFN3O4/c1-27-12-5-2-10(3-6-12)22-16(24)13-9-21-18(26)23(17(13)25)11-4-7-15(20)14(19)8-11/h2-9H,1H3,(H,21,26)(H,22,24). The topological polar surface area (TPSA) is 93.2 Å². The molecule has 0 aliphatic heterocycles. The Bertz CT molecular complexity index is 1120. The predicted octanol–water partition coefficient (Wildman–Crippen LogP) is 2.58. The van der Waals surface area contributed by atoms with E-state index in [4.69, 9.17) is 16.3 Å². The molecule has 2 aromatic carbocycles. The molecule has 0 aliphatic carbocycles. The number of methoxy groups -OCH3 is 1. The number of nitrogens with one attached hydrogen (secondary N) is 2. The van der Waals surface area contributed by atoms with Gasteiger partial charge in [-0.2, -0.15) is 0 Å². The van der Waals surface area contributed by atoms with Gasteiger partial charge in [0, 0.05) is 11.9 Å². The van der Waals surface area contributed by atoms with Crippen LogP contribution in [-0.2, 0) is 0 Å². The highest BCUT2D eigenvalue weighted by Crippen LogP contribution is 2.18. The van der Waals surface area contributed by atoms with Crippen molar-refractivity contribution in [2.24, 2.45) is 0 Å². The first-order valence-corrected chi connectivity index (χ1v) is 8.04. The second-order valence-corrected chi connectivity index (χ2v) is 5.84. The maximum Gasteiger partial charge on any atom is 0.333 e. The fourth-order valence-electron chi connectivity index (χ4n) is 2.37. The monoisotopic (exact) mass is 389 g/mol. The molecule has 2 N–H and O–H groups in total. The van der Waals surface area contributed by atoms with Gasteiger partial charge in [0.2, 0.25) is 0 Å². The van der Waals surface area contributed by atoms with Crippen LogP contribution in [0.4, 0.5) is 10.1 Å². The molecule has 9 heteroatoms. The Morgan fingerprint density at radius 2 is 1.89 bits per heavy atom. The third-order valence-electron chi connectivity index (χ3n) is 3.73. The molecule has 1 amide bonds. The van der Waals surface area contributed by atoms with Crippen molar-refractivity contribution in [3.05, 3.63) is 85.9 Å². The lowest BCUT2D eigenvalue weighted by atomic mass is 10.2. The van der Waals surface area contributed by atoms with Gasteiger partial charge in [0.05, 0.1) is 17.8 Å². The molecule has 27 heavy (non-hydrogen) atoms. The van der Waals surface area contributed by atoms with Crippen LogP contribution in [0.25, 0.3) is 5.69 Å². The molecule has 3 aromatic rings. The van der Waals surface area contributed by atoms with Gasteiger partial charge < -0.3 is 15.0 Å². The summed E-state index contributed by atoms with van der Waals surface area (Å²) in [7, 11) is 1.51. The van der Waals surface area contributed by atoms with E-state index in [0.717, 1.165) is 18.3 Å². The van der Waals surface area contributed by atoms with Crippen molar-refractivity contribution in [3.8, 4) is 11.4 Å². The van der Waals surface area contributed by atoms with E-state index in [1.165, 1.54) is 13.2 Å². The van der Waals surface area contributed by atoms with Gasteiger partial charge in [0.1, 0.15) is 17.1 Å². The number of amides is 1. The average Bonchev–Trinajstić information content (AvgIpc) is 2.65. The van der Waals surface area contributed by atoms with Crippen LogP contribution >= 0.6 is 11.6 Å². The van der Waals surface area contributed by atoms with Crippen LogP contribution in [0.2, 0.25) is 5.02 Å². The molecule has 0 fully saturated rings. The number of nitrogens with zero attached hydrogens (tertiary/aromatic N) is 1. The number of hydrogen-bond acceptors (Lipinski definition) is 4. The molecule has 0 bridgehead atoms. The Kier molecular flexibility index (Phi) is 5.09. The lowest BCUT2D eigenvalue weighted by Gasteiger charge is -2.09. The van der Waals surface area contributed by atoms with E-state index >= 15 is 0 Å². The number of aromatic amines is 1. The highest BCUT2D eigenvalue weighted by Gasteiger charge is 2.17. The summed E-state index contributed by atoms with van der Waals surface area (Å²) in [5.41, 5.74) is -1.49. The van der Waals surface area contributed by atoms with E-state index in [1.807, 2.05) is 0 Å². The van der Waals surface area contributed by atoms with Crippen LogP contribution in [0.15, 0.2) is 58.3 Å². The van der Waals surface area contributed by atoms with Crippen molar-refractivity contribution in [1.82, 2.24) is 9.55 Å². The maximum absolute atomic E-state index is 13.3. The van der Waals surface area contributed by atoms with Crippen LogP contribution in [0, 0.1) is 5.82 Å². The molecule has 0 atom stereocenters. The van der Waals surface area contributed by atoms with E-state index < -0.39 is 23.0 Å². The summed E-state index contributed by atoms with van der Waals surface area (Å²) >= 11 is 5.71. The molecular formula is C18H13ClFN3O4. The van der Waals surface area contributed by atoms with E-state index in [1.54, 1.807) is 24.3 Å². The van der Waals surface area contributed by atoms with Crippen molar-refractivity contribution >= 4 is 23.2 Å². The molecule has 7 nitrogen and oxygen atoms in total. The molecule has 3 rings (SSSR count). The van der Waals surface area contributed by atoms with Crippen molar-refractivity contribution in [3.63, 3.8) is 0 Å². The number of halogens is 2. The van der Waals surface area contributed by atoms with Gasteiger partial charge in [-0.05, 0) is 42.5 Å². The number of anilines is 1. The minimum atomic E-state index is -0.868. The Morgan fingerprint density at radius 1 is 1.19 bits per heavy atom. The average molecular weight is 390 g/mol. The number of ether oxygens (including phenoxy) is 1. The third kappa shape index (κ3) is 3.75. The maximum atomic E-state index is 13.3. The van der Waals surface area contributed by atoms with E-state index in [2.05, 4.69) is 10.3 Å². The Labute approximate surface area is 157 Å². The minimum Gasteiger partial charge on any atom is -0.497 e. The highest BCUT2D eigenvalue weighted by atomic mass is 35.5. The first-order valence-electron chi connectivity index (χ1n) is 7.66. The molecule has 1 aromatic heterocycles. The minimum absolute atomic E-state index is 0.0340. The van der Waals surface area contributed by atoms with Crippen LogP contribution in [0.5, 0.6) is 5.75 Å².